The first-order chi connectivity index (χ1) is 13.9. The normalized spacial score (nSPS) is 10.4. The van der Waals surface area contributed by atoms with Crippen LogP contribution in [0.2, 0.25) is 0 Å². The van der Waals surface area contributed by atoms with E-state index < -0.39 is 5.82 Å². The summed E-state index contributed by atoms with van der Waals surface area (Å²) in [5.41, 5.74) is 1.75. The number of benzene rings is 2. The summed E-state index contributed by atoms with van der Waals surface area (Å²) in [5.74, 6) is 0.114. The van der Waals surface area contributed by atoms with Crippen LogP contribution in [0.15, 0.2) is 42.5 Å². The molecule has 0 saturated carbocycles. The van der Waals surface area contributed by atoms with Gasteiger partial charge in [-0.1, -0.05) is 12.1 Å². The molecule has 1 amide bonds. The number of anilines is 1. The maximum absolute atomic E-state index is 13.8. The molecule has 0 aliphatic heterocycles. The minimum Gasteiger partial charge on any atom is -0.497 e. The van der Waals surface area contributed by atoms with Crippen molar-refractivity contribution < 1.29 is 23.4 Å². The second-order valence-corrected chi connectivity index (χ2v) is 6.14. The Hall–Kier alpha value is -3.68. The van der Waals surface area contributed by atoms with Gasteiger partial charge >= 0.3 is 6.01 Å². The van der Waals surface area contributed by atoms with Gasteiger partial charge < -0.3 is 19.5 Å². The number of aromatic nitrogens is 2. The van der Waals surface area contributed by atoms with Crippen molar-refractivity contribution in [3.05, 3.63) is 65.2 Å². The van der Waals surface area contributed by atoms with E-state index in [2.05, 4.69) is 15.3 Å². The van der Waals surface area contributed by atoms with Crippen molar-refractivity contribution in [2.75, 3.05) is 19.5 Å². The first-order valence-corrected chi connectivity index (χ1v) is 8.73. The Bertz CT molecular complexity index is 1010. The van der Waals surface area contributed by atoms with Gasteiger partial charge in [0.05, 0.1) is 31.3 Å². The highest BCUT2D eigenvalue weighted by molar-refractivity contribution is 6.05. The fourth-order valence-corrected chi connectivity index (χ4v) is 2.66. The van der Waals surface area contributed by atoms with Gasteiger partial charge in [-0.2, -0.15) is 9.97 Å². The lowest BCUT2D eigenvalue weighted by molar-refractivity contribution is 0.102. The Labute approximate surface area is 167 Å². The number of carbonyl (C=O) groups is 1. The number of nitrogens with zero attached hydrogens (tertiary/aromatic N) is 2. The summed E-state index contributed by atoms with van der Waals surface area (Å²) < 4.78 is 29.6. The summed E-state index contributed by atoms with van der Waals surface area (Å²) in [7, 11) is 3.01. The van der Waals surface area contributed by atoms with E-state index >= 15 is 0 Å². The van der Waals surface area contributed by atoms with Crippen LogP contribution in [-0.2, 0) is 0 Å². The van der Waals surface area contributed by atoms with E-state index in [4.69, 9.17) is 14.2 Å². The standard InChI is InChI=1S/C21H20FN3O4/c1-12-19(25-20(26)14-9-15(27-3)11-16(10-14)28-4)13(2)24-21(23-12)29-18-8-6-5-7-17(18)22/h5-11H,1-4H3,(H,25,26). The van der Waals surface area contributed by atoms with E-state index in [0.717, 1.165) is 0 Å². The Morgan fingerprint density at radius 2 is 1.55 bits per heavy atom. The quantitative estimate of drug-likeness (QED) is 0.668. The molecule has 0 atom stereocenters. The molecule has 0 spiro atoms. The van der Waals surface area contributed by atoms with Gasteiger partial charge in [-0.25, -0.2) is 4.39 Å². The molecule has 29 heavy (non-hydrogen) atoms. The van der Waals surface area contributed by atoms with Crippen LogP contribution in [0, 0.1) is 19.7 Å². The molecule has 7 nitrogen and oxygen atoms in total. The predicted molar refractivity (Wildman–Crippen MR) is 105 cm³/mol. The number of halogens is 1. The SMILES string of the molecule is COc1cc(OC)cc(C(=O)Nc2c(C)nc(Oc3ccccc3F)nc2C)c1. The van der Waals surface area contributed by atoms with Crippen LogP contribution < -0.4 is 19.5 Å². The van der Waals surface area contributed by atoms with Gasteiger partial charge in [0.15, 0.2) is 11.6 Å². The molecule has 0 unspecified atom stereocenters. The third-order valence-corrected chi connectivity index (χ3v) is 4.14. The number of rotatable bonds is 6. The molecule has 0 radical (unpaired) electrons. The van der Waals surface area contributed by atoms with Gasteiger partial charge in [-0.15, -0.1) is 0 Å². The first kappa shape index (κ1) is 20.1. The fourth-order valence-electron chi connectivity index (χ4n) is 2.66. The molecule has 8 heteroatoms. The van der Waals surface area contributed by atoms with Crippen molar-refractivity contribution in [1.82, 2.24) is 9.97 Å². The lowest BCUT2D eigenvalue weighted by Gasteiger charge is -2.13. The van der Waals surface area contributed by atoms with Gasteiger partial charge in [0.25, 0.3) is 5.91 Å². The first-order valence-electron chi connectivity index (χ1n) is 8.73. The molecule has 0 fully saturated rings. The lowest BCUT2D eigenvalue weighted by atomic mass is 10.1. The van der Waals surface area contributed by atoms with Gasteiger partial charge in [-0.05, 0) is 38.1 Å². The molecule has 3 aromatic rings. The van der Waals surface area contributed by atoms with Crippen molar-refractivity contribution in [3.63, 3.8) is 0 Å². The number of para-hydroxylation sites is 1. The molecule has 1 heterocycles. The highest BCUT2D eigenvalue weighted by Gasteiger charge is 2.16. The Balaban J connectivity index is 1.85. The average Bonchev–Trinajstić information content (AvgIpc) is 2.71. The van der Waals surface area contributed by atoms with Gasteiger partial charge in [-0.3, -0.25) is 4.79 Å². The van der Waals surface area contributed by atoms with E-state index in [1.807, 2.05) is 0 Å². The fraction of sp³-hybridized carbons (Fsp3) is 0.190. The number of carbonyl (C=O) groups excluding carboxylic acids is 1. The Morgan fingerprint density at radius 3 is 2.10 bits per heavy atom. The third kappa shape index (κ3) is 4.60. The summed E-state index contributed by atoms with van der Waals surface area (Å²) in [6.07, 6.45) is 0. The van der Waals surface area contributed by atoms with E-state index in [-0.39, 0.29) is 17.7 Å². The van der Waals surface area contributed by atoms with Crippen LogP contribution in [-0.4, -0.2) is 30.1 Å². The van der Waals surface area contributed by atoms with Crippen LogP contribution in [0.5, 0.6) is 23.3 Å². The lowest BCUT2D eigenvalue weighted by Crippen LogP contribution is -2.15. The third-order valence-electron chi connectivity index (χ3n) is 4.14. The van der Waals surface area contributed by atoms with Gasteiger partial charge in [0.2, 0.25) is 0 Å². The summed E-state index contributed by atoms with van der Waals surface area (Å²) in [6.45, 7) is 3.40. The minimum atomic E-state index is -0.518. The molecular weight excluding hydrogens is 377 g/mol. The summed E-state index contributed by atoms with van der Waals surface area (Å²) in [6, 6.07) is 10.8. The van der Waals surface area contributed by atoms with Crippen LogP contribution in [0.1, 0.15) is 21.7 Å². The van der Waals surface area contributed by atoms with Crippen molar-refractivity contribution in [3.8, 4) is 23.3 Å². The number of amides is 1. The maximum Gasteiger partial charge on any atom is 0.322 e. The zero-order valence-electron chi connectivity index (χ0n) is 16.4. The van der Waals surface area contributed by atoms with Crippen LogP contribution in [0.25, 0.3) is 0 Å². The van der Waals surface area contributed by atoms with E-state index in [1.54, 1.807) is 44.2 Å². The second kappa shape index (κ2) is 8.55. The smallest absolute Gasteiger partial charge is 0.322 e. The maximum atomic E-state index is 13.8. The second-order valence-electron chi connectivity index (χ2n) is 6.14. The Morgan fingerprint density at radius 1 is 0.966 bits per heavy atom. The Kier molecular flexibility index (Phi) is 5.92. The predicted octanol–water partition coefficient (Wildman–Crippen LogP) is 4.29. The van der Waals surface area contributed by atoms with Crippen molar-refractivity contribution in [2.45, 2.75) is 13.8 Å². The largest absolute Gasteiger partial charge is 0.497 e. The number of hydrogen-bond acceptors (Lipinski definition) is 6. The van der Waals surface area contributed by atoms with Crippen LogP contribution in [0.4, 0.5) is 10.1 Å². The molecule has 2 aromatic carbocycles. The van der Waals surface area contributed by atoms with Crippen LogP contribution >= 0.6 is 0 Å². The summed E-state index contributed by atoms with van der Waals surface area (Å²) >= 11 is 0. The molecular formula is C21H20FN3O4. The highest BCUT2D eigenvalue weighted by Crippen LogP contribution is 2.27. The molecule has 0 aliphatic carbocycles. The molecule has 0 aliphatic rings. The summed E-state index contributed by atoms with van der Waals surface area (Å²) in [4.78, 5) is 21.2. The molecule has 0 bridgehead atoms. The molecule has 0 saturated heterocycles. The monoisotopic (exact) mass is 397 g/mol. The van der Waals surface area contributed by atoms with E-state index in [1.165, 1.54) is 26.4 Å². The zero-order chi connectivity index (χ0) is 21.0. The number of aryl methyl sites for hydroxylation is 2. The average molecular weight is 397 g/mol. The molecule has 1 N–H and O–H groups in total. The number of ether oxygens (including phenoxy) is 3. The molecule has 3 rings (SSSR count). The van der Waals surface area contributed by atoms with Gasteiger partial charge in [0, 0.05) is 11.6 Å². The minimum absolute atomic E-state index is 0.00820. The van der Waals surface area contributed by atoms with Crippen molar-refractivity contribution in [1.29, 1.82) is 0 Å². The van der Waals surface area contributed by atoms with Crippen LogP contribution in [0.3, 0.4) is 0 Å². The molecule has 1 aromatic heterocycles. The highest BCUT2D eigenvalue weighted by atomic mass is 19.1. The number of methoxy groups -OCH3 is 2. The van der Waals surface area contributed by atoms with E-state index in [0.29, 0.717) is 34.1 Å². The number of hydrogen-bond donors (Lipinski definition) is 1. The molecule has 150 valence electrons. The van der Waals surface area contributed by atoms with Crippen molar-refractivity contribution >= 4 is 11.6 Å². The van der Waals surface area contributed by atoms with E-state index in [9.17, 15) is 9.18 Å². The zero-order valence-corrected chi connectivity index (χ0v) is 16.4. The summed E-state index contributed by atoms with van der Waals surface area (Å²) in [5, 5.41) is 2.80. The van der Waals surface area contributed by atoms with Gasteiger partial charge in [0.1, 0.15) is 11.5 Å². The topological polar surface area (TPSA) is 82.6 Å². The van der Waals surface area contributed by atoms with Crippen molar-refractivity contribution in [2.24, 2.45) is 0 Å². The number of nitrogens with one attached hydrogen (secondary N) is 1.